The summed E-state index contributed by atoms with van der Waals surface area (Å²) in [5, 5.41) is 3.46. The lowest BCUT2D eigenvalue weighted by atomic mass is 10.1. The fourth-order valence-corrected chi connectivity index (χ4v) is 2.79. The van der Waals surface area contributed by atoms with Crippen molar-refractivity contribution in [2.45, 2.75) is 26.8 Å². The van der Waals surface area contributed by atoms with Gasteiger partial charge in [-0.05, 0) is 42.6 Å². The molecule has 5 heteroatoms. The zero-order valence-corrected chi connectivity index (χ0v) is 17.0. The number of hydrogen-bond donors (Lipinski definition) is 1. The Morgan fingerprint density at radius 1 is 0.889 bits per heavy atom. The number of nitrogens with one attached hydrogen (secondary N) is 1. The molecule has 0 aliphatic heterocycles. The molecule has 0 fully saturated rings. The topological polar surface area (TPSA) is 49.0 Å². The van der Waals surface area contributed by atoms with E-state index in [9.17, 15) is 0 Å². The van der Waals surface area contributed by atoms with Crippen molar-refractivity contribution in [3.8, 4) is 23.0 Å². The average Bonchev–Trinajstić information content (AvgIpc) is 2.69. The third-order valence-electron chi connectivity index (χ3n) is 4.19. The molecule has 0 aromatic heterocycles. The SMILES string of the molecule is COc1cc(CCNCc2cccc(OC)c2OC)ccc1OCC(C)C. The first-order chi connectivity index (χ1) is 13.1. The lowest BCUT2D eigenvalue weighted by Gasteiger charge is -2.14. The van der Waals surface area contributed by atoms with Crippen LogP contribution in [-0.4, -0.2) is 34.5 Å². The van der Waals surface area contributed by atoms with Crippen molar-refractivity contribution in [1.29, 1.82) is 0 Å². The molecular weight excluding hydrogens is 342 g/mol. The quantitative estimate of drug-likeness (QED) is 0.602. The number of methoxy groups -OCH3 is 3. The standard InChI is InChI=1S/C22H31NO4/c1-16(2)15-27-19-10-9-17(13-21(19)25-4)11-12-23-14-18-7-6-8-20(24-3)22(18)26-5/h6-10,13,16,23H,11-12,14-15H2,1-5H3. The molecule has 27 heavy (non-hydrogen) atoms. The van der Waals surface area contributed by atoms with Gasteiger partial charge in [0.05, 0.1) is 27.9 Å². The van der Waals surface area contributed by atoms with Crippen LogP contribution in [0.5, 0.6) is 23.0 Å². The van der Waals surface area contributed by atoms with Crippen LogP contribution in [0, 0.1) is 5.92 Å². The molecule has 0 atom stereocenters. The van der Waals surface area contributed by atoms with E-state index in [4.69, 9.17) is 18.9 Å². The lowest BCUT2D eigenvalue weighted by molar-refractivity contribution is 0.257. The van der Waals surface area contributed by atoms with E-state index in [0.29, 0.717) is 19.1 Å². The first kappa shape index (κ1) is 20.9. The van der Waals surface area contributed by atoms with Crippen molar-refractivity contribution >= 4 is 0 Å². The molecule has 0 aliphatic rings. The molecule has 2 aromatic rings. The van der Waals surface area contributed by atoms with Gasteiger partial charge in [-0.3, -0.25) is 0 Å². The summed E-state index contributed by atoms with van der Waals surface area (Å²) in [5.41, 5.74) is 2.28. The van der Waals surface area contributed by atoms with Gasteiger partial charge in [-0.25, -0.2) is 0 Å². The third kappa shape index (κ3) is 6.07. The fraction of sp³-hybridized carbons (Fsp3) is 0.455. The normalized spacial score (nSPS) is 10.7. The van der Waals surface area contributed by atoms with Gasteiger partial charge in [-0.1, -0.05) is 32.0 Å². The van der Waals surface area contributed by atoms with Crippen molar-refractivity contribution < 1.29 is 18.9 Å². The van der Waals surface area contributed by atoms with E-state index in [1.54, 1.807) is 21.3 Å². The van der Waals surface area contributed by atoms with Crippen LogP contribution in [0.25, 0.3) is 0 Å². The Morgan fingerprint density at radius 2 is 1.67 bits per heavy atom. The van der Waals surface area contributed by atoms with Gasteiger partial charge >= 0.3 is 0 Å². The number of rotatable bonds is 11. The van der Waals surface area contributed by atoms with E-state index in [1.165, 1.54) is 5.56 Å². The highest BCUT2D eigenvalue weighted by Gasteiger charge is 2.09. The molecular formula is C22H31NO4. The van der Waals surface area contributed by atoms with Crippen LogP contribution in [0.4, 0.5) is 0 Å². The number of hydrogen-bond acceptors (Lipinski definition) is 5. The zero-order valence-electron chi connectivity index (χ0n) is 17.0. The maximum atomic E-state index is 5.81. The molecule has 0 unspecified atom stereocenters. The summed E-state index contributed by atoms with van der Waals surface area (Å²) in [6.45, 7) is 6.50. The van der Waals surface area contributed by atoms with Crippen molar-refractivity contribution in [3.63, 3.8) is 0 Å². The van der Waals surface area contributed by atoms with Gasteiger partial charge in [-0.15, -0.1) is 0 Å². The lowest BCUT2D eigenvalue weighted by Crippen LogP contribution is -2.17. The molecule has 0 radical (unpaired) electrons. The van der Waals surface area contributed by atoms with E-state index in [0.717, 1.165) is 41.5 Å². The van der Waals surface area contributed by atoms with Crippen molar-refractivity contribution in [2.75, 3.05) is 34.5 Å². The second-order valence-electron chi connectivity index (χ2n) is 6.77. The molecule has 0 saturated carbocycles. The Bertz CT molecular complexity index is 715. The van der Waals surface area contributed by atoms with E-state index in [2.05, 4.69) is 25.2 Å². The minimum atomic E-state index is 0.479. The molecule has 2 aromatic carbocycles. The van der Waals surface area contributed by atoms with E-state index >= 15 is 0 Å². The molecule has 1 N–H and O–H groups in total. The first-order valence-electron chi connectivity index (χ1n) is 9.29. The summed E-state index contributed by atoms with van der Waals surface area (Å²) in [5.74, 6) is 3.58. The van der Waals surface area contributed by atoms with Gasteiger partial charge in [0.1, 0.15) is 0 Å². The highest BCUT2D eigenvalue weighted by molar-refractivity contribution is 5.46. The largest absolute Gasteiger partial charge is 0.493 e. The second-order valence-corrected chi connectivity index (χ2v) is 6.77. The minimum Gasteiger partial charge on any atom is -0.493 e. The molecule has 0 bridgehead atoms. The Kier molecular flexibility index (Phi) is 8.27. The van der Waals surface area contributed by atoms with E-state index < -0.39 is 0 Å². The van der Waals surface area contributed by atoms with Gasteiger partial charge < -0.3 is 24.3 Å². The monoisotopic (exact) mass is 373 g/mol. The Hall–Kier alpha value is -2.40. The molecule has 0 heterocycles. The number of para-hydroxylation sites is 1. The summed E-state index contributed by atoms with van der Waals surface area (Å²) in [6, 6.07) is 12.0. The highest BCUT2D eigenvalue weighted by atomic mass is 16.5. The summed E-state index contributed by atoms with van der Waals surface area (Å²) in [7, 11) is 4.99. The van der Waals surface area contributed by atoms with Crippen LogP contribution in [0.3, 0.4) is 0 Å². The smallest absolute Gasteiger partial charge is 0.165 e. The maximum absolute atomic E-state index is 5.81. The van der Waals surface area contributed by atoms with Gasteiger partial charge in [0, 0.05) is 12.1 Å². The zero-order chi connectivity index (χ0) is 19.6. The fourth-order valence-electron chi connectivity index (χ4n) is 2.79. The van der Waals surface area contributed by atoms with E-state index in [-0.39, 0.29) is 0 Å². The summed E-state index contributed by atoms with van der Waals surface area (Å²) in [4.78, 5) is 0. The molecule has 0 aliphatic carbocycles. The molecule has 5 nitrogen and oxygen atoms in total. The van der Waals surface area contributed by atoms with Crippen LogP contribution in [0.2, 0.25) is 0 Å². The van der Waals surface area contributed by atoms with Gasteiger partial charge in [0.25, 0.3) is 0 Å². The van der Waals surface area contributed by atoms with Crippen molar-refractivity contribution in [1.82, 2.24) is 5.32 Å². The molecule has 148 valence electrons. The van der Waals surface area contributed by atoms with Crippen molar-refractivity contribution in [3.05, 3.63) is 47.5 Å². The van der Waals surface area contributed by atoms with Crippen LogP contribution in [0.15, 0.2) is 36.4 Å². The number of benzene rings is 2. The summed E-state index contributed by atoms with van der Waals surface area (Å²) in [6.07, 6.45) is 0.896. The van der Waals surface area contributed by atoms with Crippen molar-refractivity contribution in [2.24, 2.45) is 5.92 Å². The Morgan fingerprint density at radius 3 is 2.33 bits per heavy atom. The summed E-state index contributed by atoms with van der Waals surface area (Å²) >= 11 is 0. The number of ether oxygens (including phenoxy) is 4. The van der Waals surface area contributed by atoms with Crippen LogP contribution < -0.4 is 24.3 Å². The predicted octanol–water partition coefficient (Wildman–Crippen LogP) is 4.08. The Balaban J connectivity index is 1.90. The van der Waals surface area contributed by atoms with Gasteiger partial charge in [0.15, 0.2) is 23.0 Å². The Labute approximate surface area is 162 Å². The van der Waals surface area contributed by atoms with Crippen LogP contribution in [-0.2, 0) is 13.0 Å². The van der Waals surface area contributed by atoms with Gasteiger partial charge in [-0.2, -0.15) is 0 Å². The third-order valence-corrected chi connectivity index (χ3v) is 4.19. The highest BCUT2D eigenvalue weighted by Crippen LogP contribution is 2.31. The molecule has 0 amide bonds. The minimum absolute atomic E-state index is 0.479. The van der Waals surface area contributed by atoms with Gasteiger partial charge in [0.2, 0.25) is 0 Å². The molecule has 2 rings (SSSR count). The van der Waals surface area contributed by atoms with E-state index in [1.807, 2.05) is 30.3 Å². The molecule has 0 spiro atoms. The van der Waals surface area contributed by atoms with Crippen LogP contribution in [0.1, 0.15) is 25.0 Å². The van der Waals surface area contributed by atoms with Crippen LogP contribution >= 0.6 is 0 Å². The summed E-state index contributed by atoms with van der Waals surface area (Å²) < 4.78 is 22.1. The average molecular weight is 373 g/mol. The maximum Gasteiger partial charge on any atom is 0.165 e. The predicted molar refractivity (Wildman–Crippen MR) is 108 cm³/mol. The first-order valence-corrected chi connectivity index (χ1v) is 9.29. The molecule has 0 saturated heterocycles. The second kappa shape index (κ2) is 10.7.